The summed E-state index contributed by atoms with van der Waals surface area (Å²) in [6.45, 7) is 5.50. The Hall–Kier alpha value is -2.53. The summed E-state index contributed by atoms with van der Waals surface area (Å²) in [6, 6.07) is 12.2. The van der Waals surface area contributed by atoms with E-state index in [1.165, 1.54) is 43.5 Å². The van der Waals surface area contributed by atoms with Crippen molar-refractivity contribution in [2.24, 2.45) is 5.92 Å². The molecule has 7 heteroatoms. The van der Waals surface area contributed by atoms with Crippen molar-refractivity contribution in [2.75, 3.05) is 0 Å². The number of hydrogen-bond donors (Lipinski definition) is 2. The first-order chi connectivity index (χ1) is 16.6. The molecule has 3 aromatic rings. The highest BCUT2D eigenvalue weighted by Gasteiger charge is 2.23. The summed E-state index contributed by atoms with van der Waals surface area (Å²) in [4.78, 5) is 18.8. The van der Waals surface area contributed by atoms with E-state index < -0.39 is 13.4 Å². The van der Waals surface area contributed by atoms with Gasteiger partial charge in [0.15, 0.2) is 11.6 Å². The normalized spacial score (nSPS) is 18.5. The average Bonchev–Trinajstić information content (AvgIpc) is 2.81. The molecule has 0 radical (unpaired) electrons. The molecule has 3 aromatic carbocycles. The summed E-state index contributed by atoms with van der Waals surface area (Å²) < 4.78 is 47.3. The Kier molecular flexibility index (Phi) is 7.46. The molecule has 1 aliphatic rings. The van der Waals surface area contributed by atoms with Crippen LogP contribution in [0.5, 0.6) is 11.5 Å². The fourth-order valence-corrected chi connectivity index (χ4v) is 5.76. The molecule has 4 nitrogen and oxygen atoms in total. The van der Waals surface area contributed by atoms with Gasteiger partial charge in [-0.2, -0.15) is 0 Å². The Morgan fingerprint density at radius 1 is 0.914 bits per heavy atom. The summed E-state index contributed by atoms with van der Waals surface area (Å²) in [5, 5.41) is -0.118. The second-order valence-electron chi connectivity index (χ2n) is 9.57. The van der Waals surface area contributed by atoms with Gasteiger partial charge in [0, 0.05) is 5.56 Å². The van der Waals surface area contributed by atoms with E-state index in [2.05, 4.69) is 6.92 Å². The number of ether oxygens (including phenoxy) is 1. The molecule has 0 aliphatic heterocycles. The first-order valence-corrected chi connectivity index (χ1v) is 13.6. The smallest absolute Gasteiger partial charge is 0.356 e. The van der Waals surface area contributed by atoms with Crippen LogP contribution < -0.4 is 10.0 Å². The summed E-state index contributed by atoms with van der Waals surface area (Å²) in [5.41, 5.74) is 2.70. The third kappa shape index (κ3) is 5.66. The molecule has 186 valence electrons. The van der Waals surface area contributed by atoms with Crippen molar-refractivity contribution in [3.05, 3.63) is 76.9 Å². The predicted molar refractivity (Wildman–Crippen MR) is 134 cm³/mol. The van der Waals surface area contributed by atoms with Crippen LogP contribution in [0.1, 0.15) is 61.6 Å². The maximum Gasteiger partial charge on any atom is 0.356 e. The van der Waals surface area contributed by atoms with Gasteiger partial charge in [-0.25, -0.2) is 8.78 Å². The van der Waals surface area contributed by atoms with Gasteiger partial charge < -0.3 is 14.5 Å². The number of hydrogen-bond acceptors (Lipinski definition) is 2. The van der Waals surface area contributed by atoms with Gasteiger partial charge in [0.1, 0.15) is 11.6 Å². The van der Waals surface area contributed by atoms with Gasteiger partial charge in [-0.15, -0.1) is 0 Å². The molecule has 1 saturated carbocycles. The number of halogens is 2. The average molecular weight is 501 g/mol. The number of rotatable bonds is 6. The number of aryl methyl sites for hydroxylation is 2. The van der Waals surface area contributed by atoms with Crippen molar-refractivity contribution >= 4 is 12.9 Å². The molecule has 4 rings (SSSR count). The van der Waals surface area contributed by atoms with Crippen molar-refractivity contribution in [3.63, 3.8) is 0 Å². The van der Waals surface area contributed by atoms with Crippen molar-refractivity contribution in [2.45, 2.75) is 58.8 Å². The van der Waals surface area contributed by atoms with E-state index in [9.17, 15) is 18.7 Å². The van der Waals surface area contributed by atoms with Crippen molar-refractivity contribution in [1.29, 1.82) is 0 Å². The first kappa shape index (κ1) is 25.6. The van der Waals surface area contributed by atoms with Gasteiger partial charge in [-0.05, 0) is 104 Å². The topological polar surface area (TPSA) is 66.8 Å². The highest BCUT2D eigenvalue weighted by molar-refractivity contribution is 7.60. The summed E-state index contributed by atoms with van der Waals surface area (Å²) in [5.74, 6) is 0.401. The van der Waals surface area contributed by atoms with E-state index >= 15 is 4.39 Å². The van der Waals surface area contributed by atoms with Crippen LogP contribution >= 0.6 is 7.60 Å². The minimum absolute atomic E-state index is 0.0476. The summed E-state index contributed by atoms with van der Waals surface area (Å²) >= 11 is 0. The zero-order valence-corrected chi connectivity index (χ0v) is 21.1. The monoisotopic (exact) mass is 500 g/mol. The quantitative estimate of drug-likeness (QED) is 0.344. The predicted octanol–water partition coefficient (Wildman–Crippen LogP) is 7.53. The maximum atomic E-state index is 15.0. The van der Waals surface area contributed by atoms with Crippen LogP contribution in [0.15, 0.2) is 48.5 Å². The molecule has 0 aromatic heterocycles. The van der Waals surface area contributed by atoms with Gasteiger partial charge in [0.25, 0.3) is 0 Å². The van der Waals surface area contributed by atoms with Crippen LogP contribution in [-0.4, -0.2) is 9.79 Å². The van der Waals surface area contributed by atoms with Gasteiger partial charge in [0.05, 0.1) is 5.30 Å². The molecule has 0 amide bonds. The largest absolute Gasteiger partial charge is 0.454 e. The van der Waals surface area contributed by atoms with E-state index in [-0.39, 0.29) is 16.9 Å². The molecule has 35 heavy (non-hydrogen) atoms. The lowest BCUT2D eigenvalue weighted by Crippen LogP contribution is -2.12. The Bertz CT molecular complexity index is 1250. The van der Waals surface area contributed by atoms with Crippen LogP contribution in [0.4, 0.5) is 8.78 Å². The fraction of sp³-hybridized carbons (Fsp3) is 0.357. The standard InChI is InChI=1S/C28H31F2O4P/c1-4-19-5-7-20(8-6-19)21-9-11-24(25(29)15-21)22-10-12-27(26(30)16-22)34-28-17(2)13-23(14-18(28)3)35(31,32)33/h9-16,19-20H,4-8H2,1-3H3,(H2,31,32,33). The molecular formula is C28H31F2O4P. The van der Waals surface area contributed by atoms with Crippen LogP contribution in [0.2, 0.25) is 0 Å². The molecular weight excluding hydrogens is 469 g/mol. The molecule has 0 heterocycles. The third-order valence-electron chi connectivity index (χ3n) is 7.12. The van der Waals surface area contributed by atoms with E-state index in [1.54, 1.807) is 32.0 Å². The molecule has 1 aliphatic carbocycles. The van der Waals surface area contributed by atoms with Crippen molar-refractivity contribution in [3.8, 4) is 22.6 Å². The Balaban J connectivity index is 1.54. The van der Waals surface area contributed by atoms with Crippen molar-refractivity contribution < 1.29 is 27.9 Å². The minimum Gasteiger partial charge on any atom is -0.454 e. The van der Waals surface area contributed by atoms with Crippen LogP contribution in [0.3, 0.4) is 0 Å². The SMILES string of the molecule is CCC1CCC(c2ccc(-c3ccc(Oc4c(C)cc(P(=O)(O)O)cc4C)c(F)c3)c(F)c2)CC1. The Morgan fingerprint density at radius 2 is 1.57 bits per heavy atom. The Labute approximate surface area is 205 Å². The molecule has 0 bridgehead atoms. The zero-order chi connectivity index (χ0) is 25.3. The highest BCUT2D eigenvalue weighted by atomic mass is 31.2. The van der Waals surface area contributed by atoms with Crippen LogP contribution in [0, 0.1) is 31.4 Å². The van der Waals surface area contributed by atoms with Crippen molar-refractivity contribution in [1.82, 2.24) is 0 Å². The minimum atomic E-state index is -4.41. The second-order valence-corrected chi connectivity index (χ2v) is 11.2. The molecule has 0 unspecified atom stereocenters. The van der Waals surface area contributed by atoms with E-state index in [0.717, 1.165) is 24.3 Å². The van der Waals surface area contributed by atoms with Crippen LogP contribution in [-0.2, 0) is 4.57 Å². The lowest BCUT2D eigenvalue weighted by Gasteiger charge is -2.28. The zero-order valence-electron chi connectivity index (χ0n) is 20.2. The fourth-order valence-electron chi connectivity index (χ4n) is 5.04. The van der Waals surface area contributed by atoms with E-state index in [0.29, 0.717) is 33.9 Å². The first-order valence-electron chi connectivity index (χ1n) is 12.0. The molecule has 1 fully saturated rings. The lowest BCUT2D eigenvalue weighted by molar-refractivity contribution is 0.318. The van der Waals surface area contributed by atoms with Gasteiger partial charge in [-0.1, -0.05) is 31.5 Å². The molecule has 0 atom stereocenters. The molecule has 2 N–H and O–H groups in total. The van der Waals surface area contributed by atoms with Gasteiger partial charge in [0.2, 0.25) is 0 Å². The molecule has 0 spiro atoms. The van der Waals surface area contributed by atoms with E-state index in [4.69, 9.17) is 4.74 Å². The Morgan fingerprint density at radius 3 is 2.11 bits per heavy atom. The summed E-state index contributed by atoms with van der Waals surface area (Å²) in [6.07, 6.45) is 5.71. The summed E-state index contributed by atoms with van der Waals surface area (Å²) in [7, 11) is -4.41. The van der Waals surface area contributed by atoms with Gasteiger partial charge in [-0.3, -0.25) is 4.57 Å². The van der Waals surface area contributed by atoms with Crippen LogP contribution in [0.25, 0.3) is 11.1 Å². The molecule has 0 saturated heterocycles. The lowest BCUT2D eigenvalue weighted by atomic mass is 9.77. The van der Waals surface area contributed by atoms with E-state index in [1.807, 2.05) is 6.07 Å². The maximum absolute atomic E-state index is 15.0. The third-order valence-corrected chi connectivity index (χ3v) is 8.06. The highest BCUT2D eigenvalue weighted by Crippen LogP contribution is 2.40. The number of benzene rings is 3. The second kappa shape index (κ2) is 10.2. The van der Waals surface area contributed by atoms with Gasteiger partial charge >= 0.3 is 7.60 Å².